The topological polar surface area (TPSA) is 3.24 Å². The highest BCUT2D eigenvalue weighted by Gasteiger charge is 2.39. The number of nitrogens with zero attached hydrogens (tertiary/aromatic N) is 1. The summed E-state index contributed by atoms with van der Waals surface area (Å²) in [5, 5.41) is 2.63. The summed E-state index contributed by atoms with van der Waals surface area (Å²) < 4.78 is 0. The van der Waals surface area contributed by atoms with E-state index in [1.807, 2.05) is 0 Å². The fraction of sp³-hybridized carbons (Fsp3) is 0.103. The second-order valence-electron chi connectivity index (χ2n) is 17.3. The summed E-state index contributed by atoms with van der Waals surface area (Å²) in [6.45, 7) is 9.56. The van der Waals surface area contributed by atoms with E-state index in [0.29, 0.717) is 0 Å². The van der Waals surface area contributed by atoms with Crippen LogP contribution in [0.5, 0.6) is 0 Å². The SMILES string of the molecule is CC1(C)c2ccccc2-c2ccc(N(c3ccc(-c4ccc(-c5ccccc5)cc4)cc3)c3ccc4c(c3)C(C)(C)c3c-4cc(-c4ccccc4)c4ccccc34)cc21. The Balaban J connectivity index is 1.05. The molecule has 0 saturated carbocycles. The lowest BCUT2D eigenvalue weighted by molar-refractivity contribution is 0.660. The summed E-state index contributed by atoms with van der Waals surface area (Å²) in [5.74, 6) is 0. The molecular weight excluding hydrogens is 711 g/mol. The third-order valence-electron chi connectivity index (χ3n) is 13.3. The highest BCUT2D eigenvalue weighted by molar-refractivity contribution is 6.06. The van der Waals surface area contributed by atoms with Crippen molar-refractivity contribution in [3.05, 3.63) is 222 Å². The summed E-state index contributed by atoms with van der Waals surface area (Å²) in [6, 6.07) is 74.1. The van der Waals surface area contributed by atoms with Crippen LogP contribution in [0.1, 0.15) is 49.9 Å². The first-order chi connectivity index (χ1) is 28.8. The Labute approximate surface area is 347 Å². The number of hydrogen-bond donors (Lipinski definition) is 0. The lowest BCUT2D eigenvalue weighted by Gasteiger charge is -2.30. The minimum atomic E-state index is -0.210. The van der Waals surface area contributed by atoms with E-state index >= 15 is 0 Å². The van der Waals surface area contributed by atoms with Crippen LogP contribution >= 0.6 is 0 Å². The molecule has 0 N–H and O–H groups in total. The van der Waals surface area contributed by atoms with Crippen LogP contribution in [0.25, 0.3) is 66.4 Å². The molecule has 0 spiro atoms. The first-order valence-electron chi connectivity index (χ1n) is 20.8. The molecule has 1 nitrogen and oxygen atoms in total. The van der Waals surface area contributed by atoms with Crippen molar-refractivity contribution in [1.82, 2.24) is 0 Å². The zero-order valence-electron chi connectivity index (χ0n) is 34.0. The minimum absolute atomic E-state index is 0.109. The van der Waals surface area contributed by atoms with Gasteiger partial charge < -0.3 is 4.90 Å². The Morgan fingerprint density at radius 1 is 0.288 bits per heavy atom. The minimum Gasteiger partial charge on any atom is -0.310 e. The zero-order valence-corrected chi connectivity index (χ0v) is 34.0. The summed E-state index contributed by atoms with van der Waals surface area (Å²) in [5.41, 5.74) is 21.4. The lowest BCUT2D eigenvalue weighted by atomic mass is 9.79. The van der Waals surface area contributed by atoms with Gasteiger partial charge in [0.1, 0.15) is 0 Å². The molecule has 1 heteroatoms. The average Bonchev–Trinajstić information content (AvgIpc) is 3.66. The number of hydrogen-bond acceptors (Lipinski definition) is 1. The Morgan fingerprint density at radius 3 is 1.36 bits per heavy atom. The molecule has 59 heavy (non-hydrogen) atoms. The molecule has 2 aliphatic carbocycles. The molecule has 0 amide bonds. The van der Waals surface area contributed by atoms with Crippen molar-refractivity contribution in [3.63, 3.8) is 0 Å². The maximum Gasteiger partial charge on any atom is 0.0465 e. The van der Waals surface area contributed by atoms with Gasteiger partial charge in [-0.2, -0.15) is 0 Å². The van der Waals surface area contributed by atoms with Crippen molar-refractivity contribution in [2.24, 2.45) is 0 Å². The Kier molecular flexibility index (Phi) is 7.94. The molecule has 2 aliphatic rings. The van der Waals surface area contributed by atoms with Crippen LogP contribution in [0.2, 0.25) is 0 Å². The first-order valence-corrected chi connectivity index (χ1v) is 20.8. The molecule has 0 aromatic heterocycles. The molecule has 0 heterocycles. The van der Waals surface area contributed by atoms with Gasteiger partial charge in [-0.25, -0.2) is 0 Å². The van der Waals surface area contributed by atoms with Crippen molar-refractivity contribution in [3.8, 4) is 55.6 Å². The highest BCUT2D eigenvalue weighted by atomic mass is 15.1. The molecule has 0 radical (unpaired) electrons. The number of rotatable bonds is 6. The van der Waals surface area contributed by atoms with Gasteiger partial charge in [0.2, 0.25) is 0 Å². The van der Waals surface area contributed by atoms with Gasteiger partial charge >= 0.3 is 0 Å². The molecule has 0 fully saturated rings. The Bertz CT molecular complexity index is 3060. The van der Waals surface area contributed by atoms with E-state index in [0.717, 1.165) is 17.1 Å². The van der Waals surface area contributed by atoms with E-state index in [1.165, 1.54) is 88.7 Å². The summed E-state index contributed by atoms with van der Waals surface area (Å²) in [6.07, 6.45) is 0. The second kappa shape index (κ2) is 13.3. The van der Waals surface area contributed by atoms with Gasteiger partial charge in [-0.05, 0) is 131 Å². The van der Waals surface area contributed by atoms with Crippen molar-refractivity contribution in [1.29, 1.82) is 0 Å². The summed E-state index contributed by atoms with van der Waals surface area (Å²) in [4.78, 5) is 2.47. The maximum atomic E-state index is 2.47. The molecule has 0 bridgehead atoms. The molecule has 282 valence electrons. The fourth-order valence-electron chi connectivity index (χ4n) is 10.2. The fourth-order valence-corrected chi connectivity index (χ4v) is 10.2. The lowest BCUT2D eigenvalue weighted by Crippen LogP contribution is -2.18. The van der Waals surface area contributed by atoms with Gasteiger partial charge in [0.05, 0.1) is 0 Å². The second-order valence-corrected chi connectivity index (χ2v) is 17.3. The van der Waals surface area contributed by atoms with E-state index in [4.69, 9.17) is 0 Å². The van der Waals surface area contributed by atoms with Crippen LogP contribution in [0, 0.1) is 0 Å². The molecule has 0 unspecified atom stereocenters. The number of anilines is 3. The van der Waals surface area contributed by atoms with E-state index < -0.39 is 0 Å². The van der Waals surface area contributed by atoms with Gasteiger partial charge in [-0.15, -0.1) is 0 Å². The van der Waals surface area contributed by atoms with Crippen LogP contribution in [0.4, 0.5) is 17.1 Å². The molecule has 11 rings (SSSR count). The largest absolute Gasteiger partial charge is 0.310 e. The van der Waals surface area contributed by atoms with Crippen molar-refractivity contribution >= 4 is 27.8 Å². The van der Waals surface area contributed by atoms with Gasteiger partial charge in [0.25, 0.3) is 0 Å². The van der Waals surface area contributed by atoms with Gasteiger partial charge in [-0.1, -0.05) is 185 Å². The monoisotopic (exact) mass is 755 g/mol. The van der Waals surface area contributed by atoms with Crippen molar-refractivity contribution in [2.75, 3.05) is 4.90 Å². The average molecular weight is 756 g/mol. The molecule has 0 saturated heterocycles. The third-order valence-corrected chi connectivity index (χ3v) is 13.3. The predicted molar refractivity (Wildman–Crippen MR) is 250 cm³/mol. The normalized spacial score (nSPS) is 14.0. The summed E-state index contributed by atoms with van der Waals surface area (Å²) >= 11 is 0. The van der Waals surface area contributed by atoms with E-state index in [2.05, 4.69) is 233 Å². The van der Waals surface area contributed by atoms with Gasteiger partial charge in [0, 0.05) is 27.9 Å². The van der Waals surface area contributed by atoms with Crippen LogP contribution in [-0.4, -0.2) is 0 Å². The molecule has 9 aromatic rings. The Hall–Kier alpha value is -6.96. The van der Waals surface area contributed by atoms with Gasteiger partial charge in [-0.3, -0.25) is 0 Å². The van der Waals surface area contributed by atoms with Crippen LogP contribution < -0.4 is 4.90 Å². The molecule has 0 atom stereocenters. The molecular formula is C58H45N. The van der Waals surface area contributed by atoms with E-state index in [9.17, 15) is 0 Å². The smallest absolute Gasteiger partial charge is 0.0465 e. The van der Waals surface area contributed by atoms with Crippen LogP contribution in [0.15, 0.2) is 200 Å². The van der Waals surface area contributed by atoms with Crippen molar-refractivity contribution < 1.29 is 0 Å². The third kappa shape index (κ3) is 5.53. The number of benzene rings is 9. The predicted octanol–water partition coefficient (Wildman–Crippen LogP) is 15.9. The Morgan fingerprint density at radius 2 is 0.729 bits per heavy atom. The van der Waals surface area contributed by atoms with E-state index in [1.54, 1.807) is 0 Å². The molecule has 0 aliphatic heterocycles. The van der Waals surface area contributed by atoms with E-state index in [-0.39, 0.29) is 10.8 Å². The number of fused-ring (bicyclic) bond motifs is 8. The molecule has 9 aromatic carbocycles. The maximum absolute atomic E-state index is 2.47. The van der Waals surface area contributed by atoms with Crippen LogP contribution in [0.3, 0.4) is 0 Å². The van der Waals surface area contributed by atoms with Crippen molar-refractivity contribution in [2.45, 2.75) is 38.5 Å². The standard InChI is InChI=1S/C58H45N/c1-57(2)53-22-14-13-20-47(53)48-33-31-44(35-54(48)57)59(43-29-27-41(28-30-43)40-25-23-39(24-26-40)38-15-7-5-8-16-38)45-32-34-49-52-37-51(42-17-9-6-10-18-42)46-19-11-12-21-50(46)56(52)58(3,4)55(49)36-45/h5-37H,1-4H3. The quantitative estimate of drug-likeness (QED) is 0.163. The van der Waals surface area contributed by atoms with Crippen LogP contribution in [-0.2, 0) is 10.8 Å². The highest BCUT2D eigenvalue weighted by Crippen LogP contribution is 2.55. The van der Waals surface area contributed by atoms with Gasteiger partial charge in [0.15, 0.2) is 0 Å². The first kappa shape index (κ1) is 35.2. The zero-order chi connectivity index (χ0) is 39.9. The summed E-state index contributed by atoms with van der Waals surface area (Å²) in [7, 11) is 0.